The summed E-state index contributed by atoms with van der Waals surface area (Å²) in [6.07, 6.45) is 0.852. The van der Waals surface area contributed by atoms with Crippen LogP contribution >= 0.6 is 0 Å². The number of morpholine rings is 1. The van der Waals surface area contributed by atoms with E-state index in [0.29, 0.717) is 6.54 Å². The first-order chi connectivity index (χ1) is 10.1. The fourth-order valence-electron chi connectivity index (χ4n) is 2.96. The van der Waals surface area contributed by atoms with Crippen LogP contribution in [0.25, 0.3) is 10.9 Å². The van der Waals surface area contributed by atoms with Crippen LogP contribution in [-0.2, 0) is 11.2 Å². The molecular weight excluding hydrogens is 262 g/mol. The molecule has 0 unspecified atom stereocenters. The maximum absolute atomic E-state index is 5.81. The van der Waals surface area contributed by atoms with E-state index < -0.39 is 0 Å². The topological polar surface area (TPSA) is 51.4 Å². The summed E-state index contributed by atoms with van der Waals surface area (Å²) < 4.78 is 5.81. The monoisotopic (exact) mass is 285 g/mol. The molecule has 1 aliphatic heterocycles. The first-order valence-electron chi connectivity index (χ1n) is 7.57. The molecular formula is C17H23N3O. The zero-order chi connectivity index (χ0) is 14.9. The zero-order valence-electron chi connectivity index (χ0n) is 12.8. The summed E-state index contributed by atoms with van der Waals surface area (Å²) in [6, 6.07) is 10.5. The van der Waals surface area contributed by atoms with E-state index in [1.165, 1.54) is 10.9 Å². The average Bonchev–Trinajstić information content (AvgIpc) is 2.46. The van der Waals surface area contributed by atoms with Gasteiger partial charge in [0.15, 0.2) is 0 Å². The van der Waals surface area contributed by atoms with Gasteiger partial charge in [-0.05, 0) is 44.5 Å². The van der Waals surface area contributed by atoms with E-state index >= 15 is 0 Å². The number of hydrogen-bond acceptors (Lipinski definition) is 4. The molecule has 112 valence electrons. The second kappa shape index (κ2) is 5.62. The van der Waals surface area contributed by atoms with Crippen molar-refractivity contribution in [2.24, 2.45) is 5.73 Å². The van der Waals surface area contributed by atoms with E-state index in [9.17, 15) is 0 Å². The van der Waals surface area contributed by atoms with Crippen LogP contribution in [-0.4, -0.2) is 36.8 Å². The Morgan fingerprint density at radius 3 is 2.90 bits per heavy atom. The van der Waals surface area contributed by atoms with E-state index in [1.807, 2.05) is 12.1 Å². The standard InChI is InChI=1S/C17H23N3O/c1-17(2)12-20(9-10-21-17)16-14(7-8-18)11-13-5-3-4-6-15(13)19-16/h3-6,11H,7-10,12,18H2,1-2H3. The highest BCUT2D eigenvalue weighted by atomic mass is 16.5. The lowest BCUT2D eigenvalue weighted by atomic mass is 10.0. The van der Waals surface area contributed by atoms with Crippen molar-refractivity contribution in [3.63, 3.8) is 0 Å². The van der Waals surface area contributed by atoms with Crippen LogP contribution in [0, 0.1) is 0 Å². The highest BCUT2D eigenvalue weighted by Gasteiger charge is 2.29. The highest BCUT2D eigenvalue weighted by Crippen LogP contribution is 2.27. The summed E-state index contributed by atoms with van der Waals surface area (Å²) in [7, 11) is 0. The summed E-state index contributed by atoms with van der Waals surface area (Å²) >= 11 is 0. The third-order valence-electron chi connectivity index (χ3n) is 3.92. The third kappa shape index (κ3) is 3.01. The molecule has 3 rings (SSSR count). The summed E-state index contributed by atoms with van der Waals surface area (Å²) in [5.74, 6) is 1.07. The minimum Gasteiger partial charge on any atom is -0.372 e. The van der Waals surface area contributed by atoms with Gasteiger partial charge in [0.25, 0.3) is 0 Å². The van der Waals surface area contributed by atoms with E-state index in [-0.39, 0.29) is 5.60 Å². The number of benzene rings is 1. The summed E-state index contributed by atoms with van der Waals surface area (Å²) in [5, 5.41) is 1.18. The quantitative estimate of drug-likeness (QED) is 0.940. The van der Waals surface area contributed by atoms with Crippen molar-refractivity contribution in [1.82, 2.24) is 4.98 Å². The largest absolute Gasteiger partial charge is 0.372 e. The molecule has 2 N–H and O–H groups in total. The molecule has 2 aromatic rings. The first-order valence-corrected chi connectivity index (χ1v) is 7.57. The Bertz CT molecular complexity index is 639. The van der Waals surface area contributed by atoms with Gasteiger partial charge in [0, 0.05) is 18.5 Å². The molecule has 2 heterocycles. The van der Waals surface area contributed by atoms with Gasteiger partial charge >= 0.3 is 0 Å². The molecule has 1 aromatic heterocycles. The minimum absolute atomic E-state index is 0.133. The summed E-state index contributed by atoms with van der Waals surface area (Å²) in [5.41, 5.74) is 7.92. The Hall–Kier alpha value is -1.65. The lowest BCUT2D eigenvalue weighted by Gasteiger charge is -2.39. The van der Waals surface area contributed by atoms with Gasteiger partial charge in [0.2, 0.25) is 0 Å². The number of aromatic nitrogens is 1. The number of rotatable bonds is 3. The number of nitrogens with zero attached hydrogens (tertiary/aromatic N) is 2. The van der Waals surface area contributed by atoms with Crippen molar-refractivity contribution in [3.05, 3.63) is 35.9 Å². The summed E-state index contributed by atoms with van der Waals surface area (Å²) in [6.45, 7) is 7.37. The highest BCUT2D eigenvalue weighted by molar-refractivity contribution is 5.81. The van der Waals surface area contributed by atoms with Gasteiger partial charge in [0.1, 0.15) is 5.82 Å². The van der Waals surface area contributed by atoms with Crippen LogP contribution in [0.4, 0.5) is 5.82 Å². The van der Waals surface area contributed by atoms with Crippen molar-refractivity contribution >= 4 is 16.7 Å². The maximum Gasteiger partial charge on any atom is 0.132 e. The number of para-hydroxylation sites is 1. The van der Waals surface area contributed by atoms with Crippen LogP contribution in [0.3, 0.4) is 0 Å². The molecule has 0 radical (unpaired) electrons. The normalized spacial score (nSPS) is 18.1. The second-order valence-electron chi connectivity index (χ2n) is 6.23. The molecule has 1 saturated heterocycles. The second-order valence-corrected chi connectivity index (χ2v) is 6.23. The third-order valence-corrected chi connectivity index (χ3v) is 3.92. The van der Waals surface area contributed by atoms with Gasteiger partial charge in [-0.2, -0.15) is 0 Å². The van der Waals surface area contributed by atoms with Gasteiger partial charge in [-0.25, -0.2) is 4.98 Å². The van der Waals surface area contributed by atoms with E-state index in [4.69, 9.17) is 15.5 Å². The van der Waals surface area contributed by atoms with Crippen molar-refractivity contribution in [3.8, 4) is 0 Å². The molecule has 1 fully saturated rings. The van der Waals surface area contributed by atoms with Crippen molar-refractivity contribution in [2.45, 2.75) is 25.9 Å². The number of nitrogens with two attached hydrogens (primary N) is 1. The average molecular weight is 285 g/mol. The lowest BCUT2D eigenvalue weighted by molar-refractivity contribution is -0.0279. The summed E-state index contributed by atoms with van der Waals surface area (Å²) in [4.78, 5) is 7.23. The zero-order valence-corrected chi connectivity index (χ0v) is 12.8. The van der Waals surface area contributed by atoms with Gasteiger partial charge in [0.05, 0.1) is 17.7 Å². The molecule has 0 saturated carbocycles. The molecule has 1 aliphatic rings. The van der Waals surface area contributed by atoms with Crippen LogP contribution in [0.5, 0.6) is 0 Å². The van der Waals surface area contributed by atoms with Crippen LogP contribution in [0.2, 0.25) is 0 Å². The Kier molecular flexibility index (Phi) is 3.83. The lowest BCUT2D eigenvalue weighted by Crippen LogP contribution is -2.49. The molecule has 1 aromatic carbocycles. The number of ether oxygens (including phenoxy) is 1. The Labute approximate surface area is 125 Å². The maximum atomic E-state index is 5.81. The molecule has 21 heavy (non-hydrogen) atoms. The molecule has 0 spiro atoms. The Morgan fingerprint density at radius 2 is 2.14 bits per heavy atom. The van der Waals surface area contributed by atoms with Crippen molar-refractivity contribution in [1.29, 1.82) is 0 Å². The predicted octanol–water partition coefficient (Wildman–Crippen LogP) is 2.35. The molecule has 0 bridgehead atoms. The molecule has 0 atom stereocenters. The van der Waals surface area contributed by atoms with E-state index in [2.05, 4.69) is 36.9 Å². The SMILES string of the molecule is CC1(C)CN(c2nc3ccccc3cc2CCN)CCO1. The van der Waals surface area contributed by atoms with Crippen LogP contribution in [0.1, 0.15) is 19.4 Å². The van der Waals surface area contributed by atoms with Crippen LogP contribution < -0.4 is 10.6 Å². The molecule has 0 aliphatic carbocycles. The fraction of sp³-hybridized carbons (Fsp3) is 0.471. The number of pyridine rings is 1. The van der Waals surface area contributed by atoms with Gasteiger partial charge in [-0.3, -0.25) is 0 Å². The smallest absolute Gasteiger partial charge is 0.132 e. The van der Waals surface area contributed by atoms with Crippen molar-refractivity contribution in [2.75, 3.05) is 31.1 Å². The number of hydrogen-bond donors (Lipinski definition) is 1. The van der Waals surface area contributed by atoms with Gasteiger partial charge < -0.3 is 15.4 Å². The van der Waals surface area contributed by atoms with E-state index in [1.54, 1.807) is 0 Å². The predicted molar refractivity (Wildman–Crippen MR) is 86.7 cm³/mol. The van der Waals surface area contributed by atoms with Gasteiger partial charge in [-0.1, -0.05) is 18.2 Å². The first kappa shape index (κ1) is 14.3. The van der Waals surface area contributed by atoms with Crippen molar-refractivity contribution < 1.29 is 4.74 Å². The Balaban J connectivity index is 2.04. The van der Waals surface area contributed by atoms with Crippen LogP contribution in [0.15, 0.2) is 30.3 Å². The fourth-order valence-corrected chi connectivity index (χ4v) is 2.96. The number of fused-ring (bicyclic) bond motifs is 1. The molecule has 4 nitrogen and oxygen atoms in total. The van der Waals surface area contributed by atoms with Gasteiger partial charge in [-0.15, -0.1) is 0 Å². The number of anilines is 1. The molecule has 0 amide bonds. The van der Waals surface area contributed by atoms with E-state index in [0.717, 1.165) is 37.5 Å². The Morgan fingerprint density at radius 1 is 1.33 bits per heavy atom. The minimum atomic E-state index is -0.133. The molecule has 4 heteroatoms.